The van der Waals surface area contributed by atoms with Gasteiger partial charge in [0.15, 0.2) is 11.9 Å². The Bertz CT molecular complexity index is 1210. The van der Waals surface area contributed by atoms with E-state index in [4.69, 9.17) is 0 Å². The first-order valence-corrected chi connectivity index (χ1v) is 9.71. The molecule has 0 fully saturated rings. The third-order valence-corrected chi connectivity index (χ3v) is 5.12. The van der Waals surface area contributed by atoms with Crippen molar-refractivity contribution in [3.63, 3.8) is 0 Å². The van der Waals surface area contributed by atoms with Gasteiger partial charge in [0, 0.05) is 6.07 Å². The number of halogens is 3. The fraction of sp³-hybridized carbons (Fsp3) is 0.0385. The van der Waals surface area contributed by atoms with Gasteiger partial charge in [0.2, 0.25) is 5.76 Å². The van der Waals surface area contributed by atoms with E-state index in [0.29, 0.717) is 11.4 Å². The van der Waals surface area contributed by atoms with Gasteiger partial charge in [0.25, 0.3) is 11.9 Å². The highest BCUT2D eigenvalue weighted by Crippen LogP contribution is 2.42. The number of phenolic OH excluding ortho intramolecular Hbond substituents is 1. The predicted octanol–water partition coefficient (Wildman–Crippen LogP) is 6.76. The Morgan fingerprint density at radius 2 is 1.66 bits per heavy atom. The van der Waals surface area contributed by atoms with Gasteiger partial charge in [-0.25, -0.2) is 0 Å². The van der Waals surface area contributed by atoms with Crippen molar-refractivity contribution in [2.45, 2.75) is 6.18 Å². The fourth-order valence-electron chi connectivity index (χ4n) is 3.51. The van der Waals surface area contributed by atoms with E-state index in [1.807, 2.05) is 30.3 Å². The SMILES string of the molecule is C=[N+](C=C1C=C[C-](c2ccccc2C(F)(F)F)[O+]1[CH2-])c1cc(-c2ccccc2)ccc1O. The first-order chi connectivity index (χ1) is 15.3. The van der Waals surface area contributed by atoms with Crippen molar-refractivity contribution in [2.75, 3.05) is 0 Å². The zero-order valence-corrected chi connectivity index (χ0v) is 17.0. The molecule has 0 atom stereocenters. The molecule has 6 heteroatoms. The average Bonchev–Trinajstić information content (AvgIpc) is 3.14. The van der Waals surface area contributed by atoms with Gasteiger partial charge in [-0.1, -0.05) is 48.5 Å². The molecule has 0 radical (unpaired) electrons. The van der Waals surface area contributed by atoms with Gasteiger partial charge in [-0.3, -0.25) is 0 Å². The summed E-state index contributed by atoms with van der Waals surface area (Å²) in [5, 5.41) is 10.4. The number of rotatable bonds is 4. The van der Waals surface area contributed by atoms with Gasteiger partial charge >= 0.3 is 6.18 Å². The predicted molar refractivity (Wildman–Crippen MR) is 118 cm³/mol. The van der Waals surface area contributed by atoms with Crippen LogP contribution in [0, 0.1) is 13.2 Å². The molecular weight excluding hydrogens is 415 g/mol. The number of aromatic hydroxyl groups is 1. The van der Waals surface area contributed by atoms with Gasteiger partial charge in [0.1, 0.15) is 6.72 Å². The molecule has 0 bridgehead atoms. The highest BCUT2D eigenvalue weighted by molar-refractivity contribution is 5.69. The molecular formula is C26H20F3NO2. The lowest BCUT2D eigenvalue weighted by Gasteiger charge is -2.35. The van der Waals surface area contributed by atoms with Gasteiger partial charge in [-0.05, 0) is 47.6 Å². The minimum Gasteiger partial charge on any atom is -0.718 e. The Morgan fingerprint density at radius 1 is 0.969 bits per heavy atom. The smallest absolute Gasteiger partial charge is 0.382 e. The summed E-state index contributed by atoms with van der Waals surface area (Å²) in [5.41, 5.74) is 1.55. The second-order valence-corrected chi connectivity index (χ2v) is 7.20. The van der Waals surface area contributed by atoms with Crippen LogP contribution in [-0.4, -0.2) is 16.4 Å². The van der Waals surface area contributed by atoms with Crippen molar-refractivity contribution >= 4 is 12.4 Å². The molecule has 1 aliphatic rings. The average molecular weight is 435 g/mol. The van der Waals surface area contributed by atoms with Crippen LogP contribution in [0.5, 0.6) is 5.75 Å². The second kappa shape index (κ2) is 8.30. The maximum Gasteiger partial charge on any atom is 0.382 e. The summed E-state index contributed by atoms with van der Waals surface area (Å²) >= 11 is 0. The maximum atomic E-state index is 13.4. The summed E-state index contributed by atoms with van der Waals surface area (Å²) in [7, 11) is 3.83. The van der Waals surface area contributed by atoms with Crippen LogP contribution >= 0.6 is 0 Å². The molecule has 4 rings (SSSR count). The molecule has 3 nitrogen and oxygen atoms in total. The van der Waals surface area contributed by atoms with Crippen molar-refractivity contribution in [2.24, 2.45) is 0 Å². The number of nitrogens with zero attached hydrogens (tertiary/aromatic N) is 1. The molecule has 1 N–H and O–H groups in total. The lowest BCUT2D eigenvalue weighted by molar-refractivity contribution is -0.354. The third-order valence-electron chi connectivity index (χ3n) is 5.12. The first kappa shape index (κ1) is 21.3. The van der Waals surface area contributed by atoms with Crippen LogP contribution in [0.25, 0.3) is 11.1 Å². The minimum absolute atomic E-state index is 0.00387. The van der Waals surface area contributed by atoms with Crippen molar-refractivity contribution in [3.8, 4) is 16.9 Å². The van der Waals surface area contributed by atoms with Crippen LogP contribution in [-0.2, 0) is 10.5 Å². The normalized spacial score (nSPS) is 14.9. The van der Waals surface area contributed by atoms with Crippen LogP contribution in [0.4, 0.5) is 18.9 Å². The standard InChI is InChI=1S/C26H20F3NO2/c1-30(23-16-19(12-14-24(23)31)18-8-4-3-5-9-18)17-20-13-15-25(32(20)2)21-10-6-7-11-22(21)26(27,28)29/h3-17,31H,1-2H2. The van der Waals surface area contributed by atoms with E-state index in [1.165, 1.54) is 16.7 Å². The molecule has 0 amide bonds. The fourth-order valence-corrected chi connectivity index (χ4v) is 3.51. The molecule has 0 aromatic heterocycles. The number of phenols is 1. The molecule has 3 aromatic carbocycles. The van der Waals surface area contributed by atoms with Gasteiger partial charge in [-0.2, -0.15) is 17.7 Å². The number of hydrogen-bond donors (Lipinski definition) is 1. The topological polar surface area (TPSA) is 25.9 Å². The minimum atomic E-state index is -4.49. The lowest BCUT2D eigenvalue weighted by Crippen LogP contribution is -2.15. The van der Waals surface area contributed by atoms with E-state index < -0.39 is 11.7 Å². The van der Waals surface area contributed by atoms with Crippen LogP contribution in [0.3, 0.4) is 0 Å². The van der Waals surface area contributed by atoms with Crippen LogP contribution < -0.4 is 0 Å². The summed E-state index contributed by atoms with van der Waals surface area (Å²) in [6, 6.07) is 20.1. The van der Waals surface area contributed by atoms with Crippen molar-refractivity contribution in [1.29, 1.82) is 0 Å². The zero-order valence-electron chi connectivity index (χ0n) is 17.0. The molecule has 3 aromatic rings. The third kappa shape index (κ3) is 4.12. The van der Waals surface area contributed by atoms with Crippen molar-refractivity contribution in [3.05, 3.63) is 121 Å². The number of hydrogen-bond acceptors (Lipinski definition) is 1. The van der Waals surface area contributed by atoms with Crippen LogP contribution in [0.2, 0.25) is 0 Å². The number of allylic oxidation sites excluding steroid dienone is 1. The molecule has 0 saturated heterocycles. The lowest BCUT2D eigenvalue weighted by atomic mass is 10.0. The Morgan fingerprint density at radius 3 is 2.38 bits per heavy atom. The molecule has 0 saturated carbocycles. The van der Waals surface area contributed by atoms with Crippen LogP contribution in [0.15, 0.2) is 96.9 Å². The summed E-state index contributed by atoms with van der Waals surface area (Å²) < 4.78 is 44.1. The molecule has 0 spiro atoms. The van der Waals surface area contributed by atoms with E-state index in [2.05, 4.69) is 18.2 Å². The van der Waals surface area contributed by atoms with Crippen LogP contribution in [0.1, 0.15) is 11.1 Å². The van der Waals surface area contributed by atoms with E-state index in [9.17, 15) is 18.3 Å². The second-order valence-electron chi connectivity index (χ2n) is 7.20. The Labute approximate surface area is 184 Å². The molecule has 0 aliphatic carbocycles. The Hall–Kier alpha value is -3.93. The molecule has 0 unspecified atom stereocenters. The highest BCUT2D eigenvalue weighted by Gasteiger charge is 2.33. The van der Waals surface area contributed by atoms with E-state index in [-0.39, 0.29) is 17.4 Å². The number of alkyl halides is 3. The number of benzene rings is 3. The summed E-state index contributed by atoms with van der Waals surface area (Å²) in [5.74, 6) is 0.460. The molecule has 1 heterocycles. The van der Waals surface area contributed by atoms with Gasteiger partial charge in [0.05, 0.1) is 0 Å². The first-order valence-electron chi connectivity index (χ1n) is 9.71. The summed E-state index contributed by atoms with van der Waals surface area (Å²) in [6.07, 6.45) is 0.479. The quantitative estimate of drug-likeness (QED) is 0.208. The van der Waals surface area contributed by atoms with Crippen molar-refractivity contribution in [1.82, 2.24) is 0 Å². The van der Waals surface area contributed by atoms with E-state index >= 15 is 0 Å². The zero-order chi connectivity index (χ0) is 22.9. The van der Waals surface area contributed by atoms with E-state index in [1.54, 1.807) is 42.6 Å². The monoisotopic (exact) mass is 435 g/mol. The maximum absolute atomic E-state index is 13.4. The summed E-state index contributed by atoms with van der Waals surface area (Å²) in [6.45, 7) is 3.96. The molecule has 162 valence electrons. The Kier molecular flexibility index (Phi) is 5.53. The molecule has 1 aliphatic heterocycles. The molecule has 32 heavy (non-hydrogen) atoms. The van der Waals surface area contributed by atoms with E-state index in [0.717, 1.165) is 17.2 Å². The summed E-state index contributed by atoms with van der Waals surface area (Å²) in [4.78, 5) is 0. The Balaban J connectivity index is 1.63. The highest BCUT2D eigenvalue weighted by atomic mass is 19.4. The largest absolute Gasteiger partial charge is 0.718 e. The van der Waals surface area contributed by atoms with Gasteiger partial charge in [-0.15, -0.1) is 12.1 Å². The van der Waals surface area contributed by atoms with Crippen molar-refractivity contribution < 1.29 is 27.2 Å². The van der Waals surface area contributed by atoms with Gasteiger partial charge < -0.3 is 9.47 Å².